The predicted octanol–water partition coefficient (Wildman–Crippen LogP) is 2.98. The molecule has 150 valence electrons. The minimum atomic E-state index is -4.18. The second-order valence-corrected chi connectivity index (χ2v) is 7.40. The standard InChI is InChI=1S/C18H25F3N4OS/c1-22-17(23-8-5-9-25(2)12-18(19,20)21)24-11-14(26)16-10-13-6-3-4-7-15(13)27-16/h3-4,6-7,10,14,26H,5,8-9,11-12H2,1-2H3,(H2,22,23,24). The Kier molecular flexibility index (Phi) is 7.88. The molecule has 27 heavy (non-hydrogen) atoms. The second kappa shape index (κ2) is 9.91. The Morgan fingerprint density at radius 1 is 1.30 bits per heavy atom. The third-order valence-electron chi connectivity index (χ3n) is 3.92. The number of aliphatic hydroxyl groups is 1. The highest BCUT2D eigenvalue weighted by molar-refractivity contribution is 7.19. The fourth-order valence-corrected chi connectivity index (χ4v) is 3.67. The summed E-state index contributed by atoms with van der Waals surface area (Å²) in [5, 5.41) is 17.6. The predicted molar refractivity (Wildman–Crippen MR) is 104 cm³/mol. The van der Waals surface area contributed by atoms with Crippen LogP contribution in [-0.2, 0) is 0 Å². The molecule has 0 aliphatic carbocycles. The first-order valence-corrected chi connectivity index (χ1v) is 9.46. The van der Waals surface area contributed by atoms with Gasteiger partial charge in [-0.05, 0) is 37.5 Å². The van der Waals surface area contributed by atoms with Gasteiger partial charge in [0.1, 0.15) is 6.10 Å². The lowest BCUT2D eigenvalue weighted by molar-refractivity contribution is -0.143. The van der Waals surface area contributed by atoms with Gasteiger partial charge < -0.3 is 15.7 Å². The van der Waals surface area contributed by atoms with Crippen LogP contribution in [0, 0.1) is 0 Å². The molecular formula is C18H25F3N4OS. The molecule has 0 fully saturated rings. The maximum Gasteiger partial charge on any atom is 0.401 e. The van der Waals surface area contributed by atoms with Crippen molar-refractivity contribution >= 4 is 27.4 Å². The molecule has 1 atom stereocenters. The molecule has 0 radical (unpaired) electrons. The lowest BCUT2D eigenvalue weighted by atomic mass is 10.2. The van der Waals surface area contributed by atoms with Crippen LogP contribution in [0.1, 0.15) is 17.4 Å². The lowest BCUT2D eigenvalue weighted by Crippen LogP contribution is -2.40. The van der Waals surface area contributed by atoms with Gasteiger partial charge in [0.25, 0.3) is 0 Å². The quantitative estimate of drug-likeness (QED) is 0.361. The minimum Gasteiger partial charge on any atom is -0.386 e. The normalized spacial score (nSPS) is 14.0. The minimum absolute atomic E-state index is 0.292. The van der Waals surface area contributed by atoms with Gasteiger partial charge in [-0.15, -0.1) is 11.3 Å². The Balaban J connectivity index is 1.72. The van der Waals surface area contributed by atoms with Gasteiger partial charge in [0, 0.05) is 29.7 Å². The summed E-state index contributed by atoms with van der Waals surface area (Å²) < 4.78 is 37.9. The van der Waals surface area contributed by atoms with Gasteiger partial charge in [0.05, 0.1) is 6.54 Å². The maximum atomic E-state index is 12.3. The molecule has 0 saturated carbocycles. The first-order valence-electron chi connectivity index (χ1n) is 8.65. The highest BCUT2D eigenvalue weighted by Gasteiger charge is 2.28. The van der Waals surface area contributed by atoms with Crippen LogP contribution in [0.5, 0.6) is 0 Å². The van der Waals surface area contributed by atoms with Crippen molar-refractivity contribution in [3.05, 3.63) is 35.2 Å². The molecule has 5 nitrogen and oxygen atoms in total. The number of hydrogen-bond acceptors (Lipinski definition) is 4. The van der Waals surface area contributed by atoms with Gasteiger partial charge >= 0.3 is 6.18 Å². The summed E-state index contributed by atoms with van der Waals surface area (Å²) in [5.41, 5.74) is 0. The number of benzene rings is 1. The maximum absolute atomic E-state index is 12.3. The van der Waals surface area contributed by atoms with Gasteiger partial charge in [0.15, 0.2) is 5.96 Å². The van der Waals surface area contributed by atoms with Crippen LogP contribution >= 0.6 is 11.3 Å². The third kappa shape index (κ3) is 7.36. The molecule has 1 unspecified atom stereocenters. The highest BCUT2D eigenvalue weighted by Crippen LogP contribution is 2.29. The van der Waals surface area contributed by atoms with Crippen molar-refractivity contribution in [1.82, 2.24) is 15.5 Å². The number of nitrogens with one attached hydrogen (secondary N) is 2. The van der Waals surface area contributed by atoms with E-state index in [1.54, 1.807) is 18.4 Å². The Bertz CT molecular complexity index is 715. The van der Waals surface area contributed by atoms with Gasteiger partial charge in [-0.1, -0.05) is 18.2 Å². The van der Waals surface area contributed by atoms with Crippen LogP contribution < -0.4 is 10.6 Å². The number of thiophene rings is 1. The molecule has 1 heterocycles. The van der Waals surface area contributed by atoms with E-state index in [2.05, 4.69) is 15.6 Å². The summed E-state index contributed by atoms with van der Waals surface area (Å²) in [6.07, 6.45) is -4.30. The molecule has 1 aromatic heterocycles. The molecule has 0 amide bonds. The van der Waals surface area contributed by atoms with E-state index in [9.17, 15) is 18.3 Å². The SMILES string of the molecule is CN=C(NCCCN(C)CC(F)(F)F)NCC(O)c1cc2ccccc2s1. The lowest BCUT2D eigenvalue weighted by Gasteiger charge is -2.19. The number of nitrogens with zero attached hydrogens (tertiary/aromatic N) is 2. The highest BCUT2D eigenvalue weighted by atomic mass is 32.1. The van der Waals surface area contributed by atoms with Gasteiger partial charge in [-0.2, -0.15) is 13.2 Å². The largest absolute Gasteiger partial charge is 0.401 e. The molecule has 0 spiro atoms. The number of halogens is 3. The second-order valence-electron chi connectivity index (χ2n) is 6.29. The zero-order valence-electron chi connectivity index (χ0n) is 15.4. The van der Waals surface area contributed by atoms with Crippen molar-refractivity contribution in [3.8, 4) is 0 Å². The number of aliphatic hydroxyl groups excluding tert-OH is 1. The van der Waals surface area contributed by atoms with Crippen LogP contribution in [0.25, 0.3) is 10.1 Å². The topological polar surface area (TPSA) is 59.9 Å². The summed E-state index contributed by atoms with van der Waals surface area (Å²) in [4.78, 5) is 6.17. The van der Waals surface area contributed by atoms with Crippen molar-refractivity contribution in [3.63, 3.8) is 0 Å². The summed E-state index contributed by atoms with van der Waals surface area (Å²) in [5.74, 6) is 0.508. The van der Waals surface area contributed by atoms with Crippen LogP contribution in [-0.4, -0.2) is 62.4 Å². The van der Waals surface area contributed by atoms with Crippen molar-refractivity contribution in [2.24, 2.45) is 4.99 Å². The molecule has 0 aliphatic heterocycles. The summed E-state index contributed by atoms with van der Waals surface area (Å²) in [6.45, 7) is 0.191. The van der Waals surface area contributed by atoms with Crippen LogP contribution in [0.15, 0.2) is 35.3 Å². The number of hydrogen-bond donors (Lipinski definition) is 3. The Hall–Kier alpha value is -1.84. The summed E-state index contributed by atoms with van der Waals surface area (Å²) >= 11 is 1.55. The molecule has 2 rings (SSSR count). The fraction of sp³-hybridized carbons (Fsp3) is 0.500. The zero-order chi connectivity index (χ0) is 19.9. The van der Waals surface area contributed by atoms with Crippen molar-refractivity contribution in [2.45, 2.75) is 18.7 Å². The van der Waals surface area contributed by atoms with Gasteiger partial charge in [-0.25, -0.2) is 0 Å². The number of alkyl halides is 3. The van der Waals surface area contributed by atoms with E-state index < -0.39 is 18.8 Å². The van der Waals surface area contributed by atoms with E-state index in [4.69, 9.17) is 0 Å². The number of aliphatic imine (C=N–C) groups is 1. The molecule has 0 aliphatic rings. The van der Waals surface area contributed by atoms with E-state index in [0.29, 0.717) is 32.0 Å². The first kappa shape index (κ1) is 21.5. The first-order chi connectivity index (χ1) is 12.8. The van der Waals surface area contributed by atoms with Crippen molar-refractivity contribution < 1.29 is 18.3 Å². The van der Waals surface area contributed by atoms with Crippen molar-refractivity contribution in [1.29, 1.82) is 0 Å². The zero-order valence-corrected chi connectivity index (χ0v) is 16.2. The van der Waals surface area contributed by atoms with Gasteiger partial charge in [-0.3, -0.25) is 9.89 Å². The van der Waals surface area contributed by atoms with E-state index in [1.165, 1.54) is 11.9 Å². The number of rotatable bonds is 8. The van der Waals surface area contributed by atoms with Crippen LogP contribution in [0.3, 0.4) is 0 Å². The third-order valence-corrected chi connectivity index (χ3v) is 5.14. The molecule has 3 N–H and O–H groups in total. The van der Waals surface area contributed by atoms with Crippen LogP contribution in [0.2, 0.25) is 0 Å². The average molecular weight is 402 g/mol. The Labute approximate surface area is 160 Å². The average Bonchev–Trinajstić information content (AvgIpc) is 3.03. The smallest absolute Gasteiger partial charge is 0.386 e. The van der Waals surface area contributed by atoms with E-state index in [1.807, 2.05) is 30.3 Å². The molecule has 2 aromatic rings. The van der Waals surface area contributed by atoms with E-state index >= 15 is 0 Å². The van der Waals surface area contributed by atoms with E-state index in [0.717, 1.165) is 15.0 Å². The molecule has 0 bridgehead atoms. The Morgan fingerprint density at radius 2 is 2.04 bits per heavy atom. The molecule has 1 aromatic carbocycles. The fourth-order valence-electron chi connectivity index (χ4n) is 2.62. The monoisotopic (exact) mass is 402 g/mol. The Morgan fingerprint density at radius 3 is 2.70 bits per heavy atom. The number of fused-ring (bicyclic) bond motifs is 1. The number of guanidine groups is 1. The van der Waals surface area contributed by atoms with Crippen LogP contribution in [0.4, 0.5) is 13.2 Å². The van der Waals surface area contributed by atoms with Crippen molar-refractivity contribution in [2.75, 3.05) is 40.3 Å². The summed E-state index contributed by atoms with van der Waals surface area (Å²) in [6, 6.07) is 9.91. The molecular weight excluding hydrogens is 377 g/mol. The molecule has 0 saturated heterocycles. The molecule has 9 heteroatoms. The van der Waals surface area contributed by atoms with Gasteiger partial charge in [0.2, 0.25) is 0 Å². The summed E-state index contributed by atoms with van der Waals surface area (Å²) in [7, 11) is 3.05. The van der Waals surface area contributed by atoms with E-state index in [-0.39, 0.29) is 0 Å².